The van der Waals surface area contributed by atoms with Gasteiger partial charge in [-0.2, -0.15) is 0 Å². The molecule has 32 heavy (non-hydrogen) atoms. The summed E-state index contributed by atoms with van der Waals surface area (Å²) < 4.78 is 0. The lowest BCUT2D eigenvalue weighted by Crippen LogP contribution is -2.67. The number of hydrogen-bond acceptors (Lipinski definition) is 4. The Hall–Kier alpha value is -1.80. The van der Waals surface area contributed by atoms with Gasteiger partial charge in [-0.3, -0.25) is 24.2 Å². The molecular weight excluding hydrogens is 538 g/mol. The summed E-state index contributed by atoms with van der Waals surface area (Å²) in [4.78, 5) is 43.1. The molecule has 0 spiro atoms. The number of carbonyl (C=O) groups is 3. The van der Waals surface area contributed by atoms with Gasteiger partial charge in [0.25, 0.3) is 17.7 Å². The highest BCUT2D eigenvalue weighted by molar-refractivity contribution is 7.10. The lowest BCUT2D eigenvalue weighted by molar-refractivity contribution is -0.130. The maximum Gasteiger partial charge on any atom is 0.264 e. The second-order valence-electron chi connectivity index (χ2n) is 7.08. The molecule has 2 aliphatic heterocycles. The number of rotatable bonds is 3. The monoisotopic (exact) mass is 544 g/mol. The van der Waals surface area contributed by atoms with Crippen LogP contribution in [0.25, 0.3) is 0 Å². The zero-order valence-electron chi connectivity index (χ0n) is 15.6. The number of thiophene rings is 1. The number of benzene rings is 2. The Morgan fingerprint density at radius 1 is 0.688 bits per heavy atom. The van der Waals surface area contributed by atoms with E-state index in [1.165, 1.54) is 16.2 Å². The van der Waals surface area contributed by atoms with Crippen LogP contribution in [0.1, 0.15) is 31.6 Å². The quantitative estimate of drug-likeness (QED) is 0.158. The Morgan fingerprint density at radius 2 is 1.25 bits per heavy atom. The third kappa shape index (κ3) is 3.01. The van der Waals surface area contributed by atoms with Crippen molar-refractivity contribution in [3.63, 3.8) is 0 Å². The van der Waals surface area contributed by atoms with Gasteiger partial charge in [0.15, 0.2) is 0 Å². The molecule has 3 amide bonds. The highest BCUT2D eigenvalue weighted by Crippen LogP contribution is 2.49. The molecule has 2 aliphatic rings. The first-order valence-corrected chi connectivity index (χ1v) is 11.9. The van der Waals surface area contributed by atoms with Crippen molar-refractivity contribution in [3.8, 4) is 0 Å². The van der Waals surface area contributed by atoms with Crippen LogP contribution in [-0.4, -0.2) is 28.7 Å². The first-order chi connectivity index (χ1) is 15.2. The molecule has 3 heterocycles. The summed E-state index contributed by atoms with van der Waals surface area (Å²) in [6, 6.07) is 8.72. The van der Waals surface area contributed by atoms with Crippen LogP contribution in [0.3, 0.4) is 0 Å². The number of imide groups is 1. The van der Waals surface area contributed by atoms with Crippen molar-refractivity contribution >= 4 is 92.8 Å². The van der Waals surface area contributed by atoms with Gasteiger partial charge < -0.3 is 0 Å². The third-order valence-corrected chi connectivity index (χ3v) is 8.41. The fraction of sp³-hybridized carbons (Fsp3) is 0.0952. The summed E-state index contributed by atoms with van der Waals surface area (Å²) in [5.74, 6) is -1.91. The number of carbonyl (C=O) groups excluding carboxylic acids is 3. The topological polar surface area (TPSA) is 57.7 Å². The second-order valence-corrected chi connectivity index (χ2v) is 10.0. The number of halogens is 5. The van der Waals surface area contributed by atoms with E-state index in [9.17, 15) is 14.4 Å². The number of hydrogen-bond donors (Lipinski definition) is 0. The molecule has 0 aliphatic carbocycles. The highest BCUT2D eigenvalue weighted by Gasteiger charge is 2.58. The van der Waals surface area contributed by atoms with Gasteiger partial charge in [0.1, 0.15) is 12.1 Å². The summed E-state index contributed by atoms with van der Waals surface area (Å²) in [7, 11) is 0. The summed E-state index contributed by atoms with van der Waals surface area (Å²) in [6.45, 7) is 0. The third-order valence-electron chi connectivity index (χ3n) is 5.42. The van der Waals surface area contributed by atoms with Gasteiger partial charge in [-0.15, -0.1) is 11.3 Å². The average Bonchev–Trinajstić information content (AvgIpc) is 3.38. The zero-order valence-corrected chi connectivity index (χ0v) is 20.2. The molecule has 0 saturated carbocycles. The van der Waals surface area contributed by atoms with E-state index in [1.807, 2.05) is 17.5 Å². The molecule has 2 aromatic carbocycles. The number of nitrogens with zero attached hydrogens (tertiary/aromatic N) is 2. The average molecular weight is 547 g/mol. The Balaban J connectivity index is 1.61. The van der Waals surface area contributed by atoms with Crippen LogP contribution in [-0.2, 0) is 4.79 Å². The van der Waals surface area contributed by atoms with Gasteiger partial charge in [-0.25, -0.2) is 0 Å². The normalized spacial score (nSPS) is 20.1. The van der Waals surface area contributed by atoms with Crippen LogP contribution < -0.4 is 4.90 Å². The van der Waals surface area contributed by atoms with Gasteiger partial charge in [0.2, 0.25) is 0 Å². The molecule has 2 atom stereocenters. The van der Waals surface area contributed by atoms with Crippen molar-refractivity contribution in [2.45, 2.75) is 12.1 Å². The summed E-state index contributed by atoms with van der Waals surface area (Å²) in [5, 5.41) is 1.77. The lowest BCUT2D eigenvalue weighted by Gasteiger charge is -2.49. The van der Waals surface area contributed by atoms with Gasteiger partial charge in [0, 0.05) is 15.6 Å². The van der Waals surface area contributed by atoms with Crippen LogP contribution >= 0.6 is 69.3 Å². The van der Waals surface area contributed by atoms with E-state index in [-0.39, 0.29) is 31.2 Å². The van der Waals surface area contributed by atoms with E-state index in [0.29, 0.717) is 10.7 Å². The minimum atomic E-state index is -1.08. The molecule has 0 radical (unpaired) electrons. The van der Waals surface area contributed by atoms with Gasteiger partial charge in [0.05, 0.1) is 31.2 Å². The van der Waals surface area contributed by atoms with Gasteiger partial charge in [-0.05, 0) is 35.7 Å². The second kappa shape index (κ2) is 7.90. The highest BCUT2D eigenvalue weighted by atomic mass is 35.5. The van der Waals surface area contributed by atoms with Crippen molar-refractivity contribution in [2.75, 3.05) is 4.90 Å². The summed E-state index contributed by atoms with van der Waals surface area (Å²) in [6.07, 6.45) is 0. The number of fused-ring (bicyclic) bond motifs is 1. The fourth-order valence-corrected chi connectivity index (χ4v) is 5.96. The van der Waals surface area contributed by atoms with Crippen LogP contribution in [0.5, 0.6) is 0 Å². The molecule has 1 saturated heterocycles. The molecule has 11 heteroatoms. The van der Waals surface area contributed by atoms with Crippen LogP contribution in [0.2, 0.25) is 25.1 Å². The first-order valence-electron chi connectivity index (χ1n) is 9.10. The maximum atomic E-state index is 13.3. The molecule has 0 bridgehead atoms. The molecule has 0 N–H and O–H groups in total. The predicted molar refractivity (Wildman–Crippen MR) is 127 cm³/mol. The molecule has 1 aromatic heterocycles. The molecule has 0 unspecified atom stereocenters. The lowest BCUT2D eigenvalue weighted by atomic mass is 9.90. The Morgan fingerprint density at radius 3 is 1.75 bits per heavy atom. The Bertz CT molecular complexity index is 1260. The van der Waals surface area contributed by atoms with E-state index in [1.54, 1.807) is 24.3 Å². The van der Waals surface area contributed by atoms with E-state index < -0.39 is 29.8 Å². The number of amides is 3. The summed E-state index contributed by atoms with van der Waals surface area (Å²) in [5.41, 5.74) is 0.283. The van der Waals surface area contributed by atoms with Crippen molar-refractivity contribution in [3.05, 3.63) is 82.9 Å². The van der Waals surface area contributed by atoms with Crippen molar-refractivity contribution in [1.82, 2.24) is 4.90 Å². The minimum absolute atomic E-state index is 0.127. The van der Waals surface area contributed by atoms with Crippen LogP contribution in [0.4, 0.5) is 5.69 Å². The first kappa shape index (κ1) is 22.0. The van der Waals surface area contributed by atoms with E-state index in [0.717, 1.165) is 9.78 Å². The Kier molecular flexibility index (Phi) is 5.44. The van der Waals surface area contributed by atoms with Crippen LogP contribution in [0.15, 0.2) is 41.8 Å². The standard InChI is InChI=1S/C21H9Cl5N2O3S/c22-8-3-5-9(6-4-8)27-17(10-2-1-7-32-10)18(21(27)31)28-19(29)11-12(20(28)30)14(24)16(26)15(25)13(11)23/h1-7,17-18H/t17-,18-/m0/s1. The van der Waals surface area contributed by atoms with Crippen LogP contribution in [0, 0.1) is 0 Å². The molecular formula is C21H9Cl5N2O3S. The Labute approximate surface area is 211 Å². The number of anilines is 1. The van der Waals surface area contributed by atoms with Gasteiger partial charge in [-0.1, -0.05) is 64.1 Å². The molecule has 3 aromatic rings. The predicted octanol–water partition coefficient (Wildman–Crippen LogP) is 6.77. The van der Waals surface area contributed by atoms with Crippen molar-refractivity contribution < 1.29 is 14.4 Å². The van der Waals surface area contributed by atoms with E-state index in [4.69, 9.17) is 58.0 Å². The maximum absolute atomic E-state index is 13.3. The SMILES string of the molecule is O=C1c2c(Cl)c(Cl)c(Cl)c(Cl)c2C(=O)N1[C@@H]1C(=O)N(c2ccc(Cl)cc2)[C@H]1c1cccs1. The van der Waals surface area contributed by atoms with E-state index in [2.05, 4.69) is 0 Å². The fourth-order valence-electron chi connectivity index (χ4n) is 3.98. The molecule has 5 nitrogen and oxygen atoms in total. The molecule has 1 fully saturated rings. The zero-order chi connectivity index (χ0) is 22.9. The van der Waals surface area contributed by atoms with Crippen molar-refractivity contribution in [1.29, 1.82) is 0 Å². The molecule has 5 rings (SSSR count). The smallest absolute Gasteiger partial charge is 0.264 e. The van der Waals surface area contributed by atoms with Gasteiger partial charge >= 0.3 is 0 Å². The van der Waals surface area contributed by atoms with Crippen molar-refractivity contribution in [2.24, 2.45) is 0 Å². The molecule has 162 valence electrons. The largest absolute Gasteiger partial charge is 0.300 e. The minimum Gasteiger partial charge on any atom is -0.300 e. The van der Waals surface area contributed by atoms with E-state index >= 15 is 0 Å². The summed E-state index contributed by atoms with van der Waals surface area (Å²) >= 11 is 32.1. The number of β-lactam (4-membered cyclic amide) rings is 1.